The number of hydrogen-bond acceptors (Lipinski definition) is 4. The Morgan fingerprint density at radius 1 is 1.15 bits per heavy atom. The van der Waals surface area contributed by atoms with Crippen LogP contribution in [0, 0.1) is 13.8 Å². The molecule has 0 aromatic heterocycles. The Morgan fingerprint density at radius 2 is 1.80 bits per heavy atom. The van der Waals surface area contributed by atoms with E-state index < -0.39 is 0 Å². The van der Waals surface area contributed by atoms with Crippen LogP contribution in [0.2, 0.25) is 0 Å². The van der Waals surface area contributed by atoms with E-state index in [0.717, 1.165) is 31.7 Å². The first kappa shape index (κ1) is 15.2. The molecule has 0 bridgehead atoms. The van der Waals surface area contributed by atoms with Crippen molar-refractivity contribution in [2.24, 2.45) is 0 Å². The Hall–Kier alpha value is -1.23. The van der Waals surface area contributed by atoms with Crippen molar-refractivity contribution in [1.29, 1.82) is 0 Å². The SMILES string of the molecule is Cc1ccc(C(=O)C(C)NN2CCN(C)CC2)cc1C. The third kappa shape index (κ3) is 3.66. The quantitative estimate of drug-likeness (QED) is 0.847. The van der Waals surface area contributed by atoms with Crippen LogP contribution in [0.3, 0.4) is 0 Å². The van der Waals surface area contributed by atoms with E-state index in [9.17, 15) is 4.79 Å². The molecule has 1 heterocycles. The fourth-order valence-electron chi connectivity index (χ4n) is 2.41. The zero-order valence-electron chi connectivity index (χ0n) is 12.9. The van der Waals surface area contributed by atoms with Crippen molar-refractivity contribution >= 4 is 5.78 Å². The molecule has 4 nitrogen and oxygen atoms in total. The van der Waals surface area contributed by atoms with Gasteiger partial charge in [0.2, 0.25) is 0 Å². The minimum absolute atomic E-state index is 0.159. The number of ketones is 1. The lowest BCUT2D eigenvalue weighted by atomic mass is 10.0. The fraction of sp³-hybridized carbons (Fsp3) is 0.562. The summed E-state index contributed by atoms with van der Waals surface area (Å²) >= 11 is 0. The van der Waals surface area contributed by atoms with Crippen LogP contribution in [0.1, 0.15) is 28.4 Å². The number of benzene rings is 1. The smallest absolute Gasteiger partial charge is 0.180 e. The summed E-state index contributed by atoms with van der Waals surface area (Å²) in [6.07, 6.45) is 0. The largest absolute Gasteiger partial charge is 0.304 e. The molecule has 1 atom stereocenters. The van der Waals surface area contributed by atoms with Crippen LogP contribution in [0.15, 0.2) is 18.2 Å². The first-order valence-corrected chi connectivity index (χ1v) is 7.28. The maximum Gasteiger partial charge on any atom is 0.180 e. The lowest BCUT2D eigenvalue weighted by Gasteiger charge is -2.34. The molecule has 1 N–H and O–H groups in total. The van der Waals surface area contributed by atoms with Gasteiger partial charge in [0.15, 0.2) is 5.78 Å². The van der Waals surface area contributed by atoms with Crippen LogP contribution in [0.5, 0.6) is 0 Å². The van der Waals surface area contributed by atoms with E-state index in [1.165, 1.54) is 11.1 Å². The minimum Gasteiger partial charge on any atom is -0.304 e. The number of hydrazine groups is 1. The van der Waals surface area contributed by atoms with Gasteiger partial charge in [0.05, 0.1) is 6.04 Å². The number of carbonyl (C=O) groups excluding carboxylic acids is 1. The lowest BCUT2D eigenvalue weighted by Crippen LogP contribution is -2.54. The van der Waals surface area contributed by atoms with Gasteiger partial charge < -0.3 is 4.90 Å². The fourth-order valence-corrected chi connectivity index (χ4v) is 2.41. The molecule has 1 aromatic carbocycles. The molecule has 1 saturated heterocycles. The normalized spacial score (nSPS) is 19.0. The van der Waals surface area contributed by atoms with Crippen molar-refractivity contribution in [2.45, 2.75) is 26.8 Å². The second-order valence-corrected chi connectivity index (χ2v) is 5.80. The van der Waals surface area contributed by atoms with Gasteiger partial charge in [-0.3, -0.25) is 4.79 Å². The zero-order valence-corrected chi connectivity index (χ0v) is 12.9. The molecule has 1 aromatic rings. The number of likely N-dealkylation sites (N-methyl/N-ethyl adjacent to an activating group) is 1. The average Bonchev–Trinajstić information content (AvgIpc) is 2.43. The minimum atomic E-state index is -0.180. The molecule has 0 amide bonds. The summed E-state index contributed by atoms with van der Waals surface area (Å²) in [4.78, 5) is 14.7. The van der Waals surface area contributed by atoms with Gasteiger partial charge in [-0.25, -0.2) is 10.4 Å². The standard InChI is InChI=1S/C16H25N3O/c1-12-5-6-15(11-13(12)2)16(20)14(3)17-19-9-7-18(4)8-10-19/h5-6,11,14,17H,7-10H2,1-4H3. The first-order chi connectivity index (χ1) is 9.47. The Morgan fingerprint density at radius 3 is 2.40 bits per heavy atom. The molecule has 20 heavy (non-hydrogen) atoms. The van der Waals surface area contributed by atoms with Crippen molar-refractivity contribution in [3.8, 4) is 0 Å². The number of nitrogens with one attached hydrogen (secondary N) is 1. The number of aryl methyl sites for hydroxylation is 2. The summed E-state index contributed by atoms with van der Waals surface area (Å²) in [5.74, 6) is 0.159. The van der Waals surface area contributed by atoms with Crippen LogP contribution in [-0.4, -0.2) is 55.0 Å². The van der Waals surface area contributed by atoms with E-state index in [2.05, 4.69) is 29.3 Å². The number of carbonyl (C=O) groups is 1. The molecule has 1 fully saturated rings. The monoisotopic (exact) mass is 275 g/mol. The molecule has 0 radical (unpaired) electrons. The summed E-state index contributed by atoms with van der Waals surface area (Å²) in [6.45, 7) is 10.0. The predicted octanol–water partition coefficient (Wildman–Crippen LogP) is 1.63. The highest BCUT2D eigenvalue weighted by Crippen LogP contribution is 2.12. The third-order valence-electron chi connectivity index (χ3n) is 4.06. The van der Waals surface area contributed by atoms with Gasteiger partial charge in [0.25, 0.3) is 0 Å². The first-order valence-electron chi connectivity index (χ1n) is 7.28. The van der Waals surface area contributed by atoms with E-state index >= 15 is 0 Å². The highest BCUT2D eigenvalue weighted by molar-refractivity contribution is 6.00. The Balaban J connectivity index is 1.96. The highest BCUT2D eigenvalue weighted by atomic mass is 16.1. The molecule has 110 valence electrons. The molecular formula is C16H25N3O. The van der Waals surface area contributed by atoms with Crippen molar-refractivity contribution in [2.75, 3.05) is 33.2 Å². The third-order valence-corrected chi connectivity index (χ3v) is 4.06. The number of hydrogen-bond donors (Lipinski definition) is 1. The number of Topliss-reactive ketones (excluding diaryl/α,β-unsaturated/α-hetero) is 1. The van der Waals surface area contributed by atoms with Crippen molar-refractivity contribution in [3.63, 3.8) is 0 Å². The molecule has 0 spiro atoms. The van der Waals surface area contributed by atoms with Crippen molar-refractivity contribution in [1.82, 2.24) is 15.3 Å². The van der Waals surface area contributed by atoms with Crippen LogP contribution in [0.4, 0.5) is 0 Å². The van der Waals surface area contributed by atoms with Gasteiger partial charge in [-0.1, -0.05) is 12.1 Å². The van der Waals surface area contributed by atoms with Crippen LogP contribution in [0.25, 0.3) is 0 Å². The summed E-state index contributed by atoms with van der Waals surface area (Å²) < 4.78 is 0. The van der Waals surface area contributed by atoms with E-state index in [0.29, 0.717) is 0 Å². The van der Waals surface area contributed by atoms with E-state index in [4.69, 9.17) is 0 Å². The summed E-state index contributed by atoms with van der Waals surface area (Å²) in [7, 11) is 2.13. The van der Waals surface area contributed by atoms with Gasteiger partial charge in [-0.2, -0.15) is 0 Å². The second kappa shape index (κ2) is 6.48. The zero-order chi connectivity index (χ0) is 14.7. The Bertz CT molecular complexity index is 479. The molecule has 1 aliphatic heterocycles. The maximum absolute atomic E-state index is 12.4. The molecule has 4 heteroatoms. The van der Waals surface area contributed by atoms with Crippen LogP contribution < -0.4 is 5.43 Å². The second-order valence-electron chi connectivity index (χ2n) is 5.80. The molecule has 1 unspecified atom stereocenters. The van der Waals surface area contributed by atoms with Crippen LogP contribution in [-0.2, 0) is 0 Å². The van der Waals surface area contributed by atoms with Crippen molar-refractivity contribution < 1.29 is 4.79 Å². The summed E-state index contributed by atoms with van der Waals surface area (Å²) in [5.41, 5.74) is 6.52. The molecule has 0 saturated carbocycles. The Kier molecular flexibility index (Phi) is 4.91. The molecule has 1 aliphatic rings. The van der Waals surface area contributed by atoms with Gasteiger partial charge in [-0.15, -0.1) is 0 Å². The van der Waals surface area contributed by atoms with Crippen molar-refractivity contribution in [3.05, 3.63) is 34.9 Å². The van der Waals surface area contributed by atoms with Gasteiger partial charge >= 0.3 is 0 Å². The Labute approximate surface area is 121 Å². The van der Waals surface area contributed by atoms with Crippen LogP contribution >= 0.6 is 0 Å². The highest BCUT2D eigenvalue weighted by Gasteiger charge is 2.20. The van der Waals surface area contributed by atoms with E-state index in [-0.39, 0.29) is 11.8 Å². The molecule has 0 aliphatic carbocycles. The van der Waals surface area contributed by atoms with Gasteiger partial charge in [0.1, 0.15) is 0 Å². The topological polar surface area (TPSA) is 35.6 Å². The van der Waals surface area contributed by atoms with Gasteiger partial charge in [0, 0.05) is 31.7 Å². The van der Waals surface area contributed by atoms with E-state index in [1.807, 2.05) is 32.0 Å². The molecular weight excluding hydrogens is 250 g/mol. The number of nitrogens with zero attached hydrogens (tertiary/aromatic N) is 2. The predicted molar refractivity (Wildman–Crippen MR) is 81.9 cm³/mol. The molecule has 2 rings (SSSR count). The van der Waals surface area contributed by atoms with E-state index in [1.54, 1.807) is 0 Å². The number of rotatable bonds is 4. The summed E-state index contributed by atoms with van der Waals surface area (Å²) in [5, 5.41) is 2.16. The van der Waals surface area contributed by atoms with Gasteiger partial charge in [-0.05, 0) is 45.0 Å². The number of piperazine rings is 1. The lowest BCUT2D eigenvalue weighted by molar-refractivity contribution is 0.0718. The summed E-state index contributed by atoms with van der Waals surface area (Å²) in [6, 6.07) is 5.75. The average molecular weight is 275 g/mol. The maximum atomic E-state index is 12.4.